The fourth-order valence-electron chi connectivity index (χ4n) is 5.55. The third-order valence-corrected chi connectivity index (χ3v) is 14.0. The molecule has 0 saturated carbocycles. The molecule has 1 N–H and O–H groups in total. The number of carbonyl (C=O) groups excluding carboxylic acids is 1. The van der Waals surface area contributed by atoms with E-state index < -0.39 is 8.32 Å². The summed E-state index contributed by atoms with van der Waals surface area (Å²) in [7, 11) is -0.350. The molecule has 48 heavy (non-hydrogen) atoms. The number of methoxy groups -OCH3 is 1. The molecule has 0 bridgehead atoms. The van der Waals surface area contributed by atoms with Gasteiger partial charge in [-0.15, -0.1) is 5.10 Å². The molecule has 2 aromatic heterocycles. The highest BCUT2D eigenvalue weighted by Gasteiger charge is 2.37. The number of pyridine rings is 1. The van der Waals surface area contributed by atoms with Gasteiger partial charge >= 0.3 is 6.03 Å². The normalized spacial score (nSPS) is 13.6. The van der Waals surface area contributed by atoms with Crippen molar-refractivity contribution in [2.45, 2.75) is 72.1 Å². The number of amides is 2. The first kappa shape index (κ1) is 34.7. The predicted molar refractivity (Wildman–Crippen MR) is 193 cm³/mol. The molecule has 0 spiro atoms. The summed E-state index contributed by atoms with van der Waals surface area (Å²) in [5.74, 6) is 2.12. The van der Waals surface area contributed by atoms with E-state index >= 15 is 0 Å². The first-order valence-corrected chi connectivity index (χ1v) is 19.4. The summed E-state index contributed by atoms with van der Waals surface area (Å²) in [5.41, 5.74) is 6.29. The molecule has 0 unspecified atom stereocenters. The smallest absolute Gasteiger partial charge is 0.326 e. The molecule has 1 saturated heterocycles. The molecule has 0 atom stereocenters. The maximum absolute atomic E-state index is 13.5. The minimum absolute atomic E-state index is 0.0692. The third-order valence-electron chi connectivity index (χ3n) is 9.44. The molecule has 4 aromatic rings. The predicted octanol–water partition coefficient (Wildman–Crippen LogP) is 7.77. The van der Waals surface area contributed by atoms with Gasteiger partial charge < -0.3 is 19.4 Å². The Morgan fingerprint density at radius 1 is 1.06 bits per heavy atom. The van der Waals surface area contributed by atoms with Crippen LogP contribution in [-0.2, 0) is 23.8 Å². The van der Waals surface area contributed by atoms with Crippen LogP contribution in [-0.4, -0.2) is 60.8 Å². The Balaban J connectivity index is 1.45. The topological polar surface area (TPSA) is 109 Å². The summed E-state index contributed by atoms with van der Waals surface area (Å²) >= 11 is 0. The van der Waals surface area contributed by atoms with Crippen molar-refractivity contribution in [2.75, 3.05) is 37.0 Å². The molecule has 11 heteroatoms. The van der Waals surface area contributed by atoms with Gasteiger partial charge in [-0.2, -0.15) is 5.26 Å². The maximum atomic E-state index is 13.5. The monoisotopic (exact) mass is 665 g/mol. The van der Waals surface area contributed by atoms with Gasteiger partial charge in [0, 0.05) is 61.9 Å². The van der Waals surface area contributed by atoms with Crippen LogP contribution in [0.25, 0.3) is 5.69 Å². The van der Waals surface area contributed by atoms with Crippen LogP contribution in [0.3, 0.4) is 0 Å². The minimum Gasteiger partial charge on any atom is -0.497 e. The molecule has 2 amide bonds. The number of aromatic nitrogens is 3. The van der Waals surface area contributed by atoms with E-state index in [9.17, 15) is 10.1 Å². The summed E-state index contributed by atoms with van der Waals surface area (Å²) in [6.07, 6.45) is 3.29. The standard InChI is InChI=1S/C37H47N7O3Si/c1-9-29-23-28(24-38)12-15-32(29)40-35-31(17-21-47-48(7,8)37(3,4)5)33(22-26(2)39-35)44-18-16-34(41-44)43-20-19-42(36(43)45)25-27-10-13-30(46-6)14-11-27/h10-16,18,22-23H,9,17,19-21,25H2,1-8H3,(H,39,40). The van der Waals surface area contributed by atoms with Crippen LogP contribution in [0.1, 0.15) is 55.6 Å². The second-order valence-electron chi connectivity index (χ2n) is 13.8. The highest BCUT2D eigenvalue weighted by atomic mass is 28.4. The highest BCUT2D eigenvalue weighted by molar-refractivity contribution is 6.74. The molecule has 252 valence electrons. The molecule has 0 aliphatic carbocycles. The number of hydrogen-bond donors (Lipinski definition) is 1. The van der Waals surface area contributed by atoms with Crippen molar-refractivity contribution in [2.24, 2.45) is 0 Å². The maximum Gasteiger partial charge on any atom is 0.326 e. The molecule has 1 fully saturated rings. The number of anilines is 3. The molecule has 3 heterocycles. The number of nitrogens with zero attached hydrogens (tertiary/aromatic N) is 6. The zero-order valence-electron chi connectivity index (χ0n) is 29.4. The van der Waals surface area contributed by atoms with Gasteiger partial charge in [0.25, 0.3) is 0 Å². The van der Waals surface area contributed by atoms with Crippen LogP contribution < -0.4 is 15.0 Å². The summed E-state index contributed by atoms with van der Waals surface area (Å²) in [6.45, 7) is 17.5. The number of urea groups is 1. The van der Waals surface area contributed by atoms with E-state index in [1.807, 2.05) is 77.3 Å². The van der Waals surface area contributed by atoms with Crippen molar-refractivity contribution >= 4 is 31.7 Å². The van der Waals surface area contributed by atoms with Crippen molar-refractivity contribution in [3.63, 3.8) is 0 Å². The fourth-order valence-corrected chi connectivity index (χ4v) is 6.60. The third kappa shape index (κ3) is 7.56. The van der Waals surface area contributed by atoms with Crippen molar-refractivity contribution in [1.82, 2.24) is 19.7 Å². The van der Waals surface area contributed by atoms with E-state index in [0.29, 0.717) is 44.0 Å². The summed E-state index contributed by atoms with van der Waals surface area (Å²) in [5, 5.41) is 18.1. The lowest BCUT2D eigenvalue weighted by Gasteiger charge is -2.36. The number of benzene rings is 2. The van der Waals surface area contributed by atoms with Crippen LogP contribution in [0.15, 0.2) is 60.8 Å². The number of ether oxygens (including phenoxy) is 1. The molecule has 1 aliphatic rings. The van der Waals surface area contributed by atoms with Crippen LogP contribution in [0, 0.1) is 18.3 Å². The van der Waals surface area contributed by atoms with E-state index in [0.717, 1.165) is 51.7 Å². The van der Waals surface area contributed by atoms with E-state index in [-0.39, 0.29) is 11.1 Å². The van der Waals surface area contributed by atoms with Gasteiger partial charge in [-0.3, -0.25) is 4.90 Å². The van der Waals surface area contributed by atoms with Gasteiger partial charge in [0.15, 0.2) is 14.1 Å². The van der Waals surface area contributed by atoms with Crippen LogP contribution >= 0.6 is 0 Å². The minimum atomic E-state index is -1.99. The number of hydrogen-bond acceptors (Lipinski definition) is 7. The number of aryl methyl sites for hydroxylation is 2. The molecule has 2 aromatic carbocycles. The van der Waals surface area contributed by atoms with Gasteiger partial charge in [-0.25, -0.2) is 14.5 Å². The zero-order chi connectivity index (χ0) is 34.6. The summed E-state index contributed by atoms with van der Waals surface area (Å²) in [4.78, 5) is 22.0. The molecule has 10 nitrogen and oxygen atoms in total. The van der Waals surface area contributed by atoms with Crippen LogP contribution in [0.5, 0.6) is 5.75 Å². The number of rotatable bonds is 12. The lowest BCUT2D eigenvalue weighted by Crippen LogP contribution is -2.41. The summed E-state index contributed by atoms with van der Waals surface area (Å²) in [6, 6.07) is 19.6. The second-order valence-corrected chi connectivity index (χ2v) is 18.6. The Kier molecular flexibility index (Phi) is 10.3. The fraction of sp³-hybridized carbons (Fsp3) is 0.405. The molecular formula is C37H47N7O3Si. The summed E-state index contributed by atoms with van der Waals surface area (Å²) < 4.78 is 13.7. The Morgan fingerprint density at radius 2 is 1.81 bits per heavy atom. The van der Waals surface area contributed by atoms with Crippen molar-refractivity contribution in [3.8, 4) is 17.5 Å². The van der Waals surface area contributed by atoms with Crippen molar-refractivity contribution in [1.29, 1.82) is 5.26 Å². The quantitative estimate of drug-likeness (QED) is 0.154. The average Bonchev–Trinajstić information content (AvgIpc) is 3.68. The van der Waals surface area contributed by atoms with E-state index in [2.05, 4.69) is 52.2 Å². The number of nitriles is 1. The van der Waals surface area contributed by atoms with Gasteiger partial charge in [0.1, 0.15) is 11.6 Å². The average molecular weight is 666 g/mol. The number of nitrogens with one attached hydrogen (secondary N) is 1. The van der Waals surface area contributed by atoms with Crippen LogP contribution in [0.4, 0.5) is 22.1 Å². The van der Waals surface area contributed by atoms with Crippen LogP contribution in [0.2, 0.25) is 18.1 Å². The molecule has 5 rings (SSSR count). The zero-order valence-corrected chi connectivity index (χ0v) is 30.4. The second kappa shape index (κ2) is 14.2. The Hall–Kier alpha value is -4.66. The number of carbonyl (C=O) groups is 1. The van der Waals surface area contributed by atoms with E-state index in [1.54, 1.807) is 12.0 Å². The SMILES string of the molecule is CCc1cc(C#N)ccc1Nc1nc(C)cc(-n2ccc(N3CCN(Cc4ccc(OC)cc4)C3=O)n2)c1CCO[Si](C)(C)C(C)(C)C. The van der Waals surface area contributed by atoms with Gasteiger partial charge in [-0.05, 0) is 79.0 Å². The van der Waals surface area contributed by atoms with Gasteiger partial charge in [-0.1, -0.05) is 39.8 Å². The molecule has 1 aliphatic heterocycles. The van der Waals surface area contributed by atoms with E-state index in [4.69, 9.17) is 19.2 Å². The lowest BCUT2D eigenvalue weighted by atomic mass is 10.1. The molecule has 0 radical (unpaired) electrons. The lowest BCUT2D eigenvalue weighted by molar-refractivity contribution is 0.218. The van der Waals surface area contributed by atoms with Crippen molar-refractivity contribution < 1.29 is 14.0 Å². The first-order chi connectivity index (χ1) is 22.8. The van der Waals surface area contributed by atoms with Gasteiger partial charge in [0.05, 0.1) is 24.4 Å². The highest BCUT2D eigenvalue weighted by Crippen LogP contribution is 2.37. The first-order valence-electron chi connectivity index (χ1n) is 16.5. The molecular weight excluding hydrogens is 619 g/mol. The Morgan fingerprint density at radius 3 is 2.48 bits per heavy atom. The Bertz CT molecular complexity index is 1810. The van der Waals surface area contributed by atoms with Gasteiger partial charge in [0.2, 0.25) is 0 Å². The van der Waals surface area contributed by atoms with E-state index in [1.165, 1.54) is 0 Å². The largest absolute Gasteiger partial charge is 0.497 e. The van der Waals surface area contributed by atoms with Crippen molar-refractivity contribution in [3.05, 3.63) is 88.7 Å². The Labute approximate surface area is 285 Å².